The zero-order chi connectivity index (χ0) is 39.8. The summed E-state index contributed by atoms with van der Waals surface area (Å²) in [6.45, 7) is 15.7. The second-order valence-electron chi connectivity index (χ2n) is 17.0. The van der Waals surface area contributed by atoms with Crippen molar-refractivity contribution in [2.24, 2.45) is 0 Å². The van der Waals surface area contributed by atoms with Crippen molar-refractivity contribution in [3.63, 3.8) is 0 Å². The van der Waals surface area contributed by atoms with Crippen molar-refractivity contribution in [3.05, 3.63) is 181 Å². The summed E-state index contributed by atoms with van der Waals surface area (Å²) >= 11 is 1.83. The predicted molar refractivity (Wildman–Crippen MR) is 242 cm³/mol. The number of pyridine rings is 1. The number of thiophene rings is 1. The Bertz CT molecular complexity index is 3040. The zero-order valence-corrected chi connectivity index (χ0v) is 36.9. The van der Waals surface area contributed by atoms with Gasteiger partial charge in [0.25, 0.3) is 0 Å². The van der Waals surface area contributed by atoms with Crippen LogP contribution in [-0.2, 0) is 26.5 Å². The van der Waals surface area contributed by atoms with Crippen molar-refractivity contribution in [3.8, 4) is 17.3 Å². The Kier molecular flexibility index (Phi) is 9.77. The third kappa shape index (κ3) is 6.82. The van der Waals surface area contributed by atoms with Gasteiger partial charge in [0.1, 0.15) is 5.82 Å². The van der Waals surface area contributed by atoms with Gasteiger partial charge < -0.3 is 19.1 Å². The summed E-state index contributed by atoms with van der Waals surface area (Å²) in [4.78, 5) is 9.60. The molecular formula is C52H43N4OPtS-3. The molecule has 0 N–H and O–H groups in total. The van der Waals surface area contributed by atoms with Crippen molar-refractivity contribution < 1.29 is 25.8 Å². The van der Waals surface area contributed by atoms with Crippen molar-refractivity contribution in [1.82, 2.24) is 14.5 Å². The molecule has 0 radical (unpaired) electrons. The molecule has 3 aromatic heterocycles. The number of fused-ring (bicyclic) bond motifs is 7. The molecule has 4 heterocycles. The van der Waals surface area contributed by atoms with Crippen LogP contribution in [0.4, 0.5) is 5.69 Å². The maximum absolute atomic E-state index is 6.72. The van der Waals surface area contributed by atoms with Gasteiger partial charge in [0.15, 0.2) is 0 Å². The minimum Gasteiger partial charge on any atom is -0.509 e. The van der Waals surface area contributed by atoms with Crippen molar-refractivity contribution >= 4 is 70.4 Å². The van der Waals surface area contributed by atoms with Crippen LogP contribution < -0.4 is 9.64 Å². The average molecular weight is 967 g/mol. The molecule has 10 rings (SSSR count). The molecule has 6 aromatic carbocycles. The van der Waals surface area contributed by atoms with E-state index in [1.54, 1.807) is 0 Å². The third-order valence-electron chi connectivity index (χ3n) is 11.0. The smallest absolute Gasteiger partial charge is 0.135 e. The van der Waals surface area contributed by atoms with Crippen LogP contribution in [0.25, 0.3) is 59.2 Å². The largest absolute Gasteiger partial charge is 0.509 e. The summed E-state index contributed by atoms with van der Waals surface area (Å²) < 4.78 is 11.5. The van der Waals surface area contributed by atoms with Crippen LogP contribution in [0.5, 0.6) is 11.5 Å². The Morgan fingerprint density at radius 2 is 1.29 bits per heavy atom. The number of aromatic nitrogens is 2. The molecule has 1 aliphatic heterocycles. The SMILES string of the molecule is CC(C)(C)c1ccnc(-n2c3[c-]c(Oc4[c-]c(N5[CH-]N(C(C)(C)C)C(c6ccccc6)=C5c5ccccc5)ccc4)ccc3c3ccc4c5ccccc5sc4c32)c1.[Pt]. The van der Waals surface area contributed by atoms with Gasteiger partial charge in [0.2, 0.25) is 0 Å². The normalized spacial score (nSPS) is 13.6. The zero-order valence-electron chi connectivity index (χ0n) is 33.9. The number of hydrogen-bond acceptors (Lipinski definition) is 5. The second kappa shape index (κ2) is 14.9. The molecule has 0 spiro atoms. The van der Waals surface area contributed by atoms with Crippen LogP contribution in [0.3, 0.4) is 0 Å². The van der Waals surface area contributed by atoms with Gasteiger partial charge >= 0.3 is 0 Å². The number of rotatable bonds is 6. The van der Waals surface area contributed by atoms with E-state index in [0.29, 0.717) is 11.5 Å². The van der Waals surface area contributed by atoms with E-state index in [0.717, 1.165) is 55.8 Å². The molecule has 9 aromatic rings. The van der Waals surface area contributed by atoms with Gasteiger partial charge in [-0.2, -0.15) is 18.8 Å². The summed E-state index contributed by atoms with van der Waals surface area (Å²) in [7, 11) is 0. The summed E-state index contributed by atoms with van der Waals surface area (Å²) in [6.07, 6.45) is 1.93. The summed E-state index contributed by atoms with van der Waals surface area (Å²) in [5.74, 6) is 2.07. The standard InChI is InChI=1S/C52H43N4OS.Pt/c1-51(2,3)36-28-29-53-46(30-36)56-44-32-39(24-25-40(44)42-26-27-43-41-22-13-14-23-45(41)58-50(43)49(42)56)57-38-21-15-20-37(31-38)54-33-55(52(4,5)6)48(35-18-11-8-12-19-35)47(54)34-16-9-7-10-17-34;/h7-30,33H,1-6H3;/q-3;. The second-order valence-corrected chi connectivity index (χ2v) is 18.0. The number of anilines is 1. The number of hydrogen-bond donors (Lipinski definition) is 0. The molecule has 0 fully saturated rings. The van der Waals surface area contributed by atoms with Crippen LogP contribution in [0.2, 0.25) is 0 Å². The molecular weight excluding hydrogens is 924 g/mol. The van der Waals surface area contributed by atoms with Gasteiger partial charge in [-0.1, -0.05) is 117 Å². The van der Waals surface area contributed by atoms with Gasteiger partial charge in [-0.25, -0.2) is 4.98 Å². The van der Waals surface area contributed by atoms with Crippen LogP contribution in [0.1, 0.15) is 58.2 Å². The first-order chi connectivity index (χ1) is 28.0. The van der Waals surface area contributed by atoms with E-state index in [1.807, 2.05) is 35.7 Å². The Morgan fingerprint density at radius 3 is 2.02 bits per heavy atom. The van der Waals surface area contributed by atoms with Crippen molar-refractivity contribution in [2.45, 2.75) is 52.5 Å². The van der Waals surface area contributed by atoms with Crippen LogP contribution in [-0.4, -0.2) is 20.0 Å². The monoisotopic (exact) mass is 966 g/mol. The molecule has 7 heteroatoms. The molecule has 0 bridgehead atoms. The molecule has 296 valence electrons. The first kappa shape index (κ1) is 38.8. The van der Waals surface area contributed by atoms with Gasteiger partial charge in [-0.15, -0.1) is 52.7 Å². The molecule has 0 atom stereocenters. The van der Waals surface area contributed by atoms with Crippen LogP contribution >= 0.6 is 11.3 Å². The fourth-order valence-electron chi connectivity index (χ4n) is 8.13. The van der Waals surface area contributed by atoms with Gasteiger partial charge in [-0.05, 0) is 66.5 Å². The molecule has 0 saturated carbocycles. The molecule has 59 heavy (non-hydrogen) atoms. The fraction of sp³-hybridized carbons (Fsp3) is 0.154. The maximum atomic E-state index is 6.72. The fourth-order valence-corrected chi connectivity index (χ4v) is 9.37. The van der Waals surface area contributed by atoms with Crippen LogP contribution in [0.15, 0.2) is 146 Å². The quantitative estimate of drug-likeness (QED) is 0.156. The predicted octanol–water partition coefficient (Wildman–Crippen LogP) is 13.8. The Hall–Kier alpha value is -5.68. The van der Waals surface area contributed by atoms with E-state index in [4.69, 9.17) is 9.72 Å². The summed E-state index contributed by atoms with van der Waals surface area (Å²) in [6, 6.07) is 56.4. The Labute approximate surface area is 364 Å². The van der Waals surface area contributed by atoms with E-state index in [1.165, 1.54) is 25.7 Å². The Balaban J connectivity index is 0.00000449. The number of benzene rings is 6. The van der Waals surface area contributed by atoms with E-state index in [2.05, 4.69) is 196 Å². The van der Waals surface area contributed by atoms with Gasteiger partial charge in [-0.3, -0.25) is 0 Å². The number of ether oxygens (including phenoxy) is 1. The van der Waals surface area contributed by atoms with E-state index in [-0.39, 0.29) is 32.0 Å². The van der Waals surface area contributed by atoms with Gasteiger partial charge in [0, 0.05) is 71.2 Å². The van der Waals surface area contributed by atoms with Crippen molar-refractivity contribution in [2.75, 3.05) is 4.90 Å². The van der Waals surface area contributed by atoms with Crippen LogP contribution in [0, 0.1) is 18.8 Å². The third-order valence-corrected chi connectivity index (χ3v) is 12.2. The molecule has 1 aliphatic rings. The minimum atomic E-state index is -0.195. The molecule has 0 aliphatic carbocycles. The maximum Gasteiger partial charge on any atom is 0.135 e. The molecule has 5 nitrogen and oxygen atoms in total. The number of nitrogens with zero attached hydrogens (tertiary/aromatic N) is 4. The van der Waals surface area contributed by atoms with E-state index >= 15 is 0 Å². The van der Waals surface area contributed by atoms with E-state index < -0.39 is 0 Å². The van der Waals surface area contributed by atoms with Crippen molar-refractivity contribution in [1.29, 1.82) is 0 Å². The molecule has 0 saturated heterocycles. The molecule has 0 amide bonds. The first-order valence-electron chi connectivity index (χ1n) is 19.8. The molecule has 0 unspecified atom stereocenters. The van der Waals surface area contributed by atoms with Gasteiger partial charge in [0.05, 0.1) is 10.2 Å². The minimum absolute atomic E-state index is 0. The summed E-state index contributed by atoms with van der Waals surface area (Å²) in [5, 5.41) is 4.77. The first-order valence-corrected chi connectivity index (χ1v) is 20.6. The summed E-state index contributed by atoms with van der Waals surface area (Å²) in [5.41, 5.74) is 8.41. The topological polar surface area (TPSA) is 33.5 Å². The Morgan fingerprint density at radius 1 is 0.627 bits per heavy atom. The average Bonchev–Trinajstić information content (AvgIpc) is 3.92. The van der Waals surface area contributed by atoms with E-state index in [9.17, 15) is 0 Å².